The van der Waals surface area contributed by atoms with Crippen molar-refractivity contribution < 1.29 is 5.11 Å². The number of para-hydroxylation sites is 2. The number of rotatable bonds is 3. The third-order valence-corrected chi connectivity index (χ3v) is 5.11. The first-order valence-electron chi connectivity index (χ1n) is 8.13. The van der Waals surface area contributed by atoms with Gasteiger partial charge in [0.15, 0.2) is 0 Å². The van der Waals surface area contributed by atoms with Gasteiger partial charge in [-0.25, -0.2) is 4.98 Å². The van der Waals surface area contributed by atoms with Crippen LogP contribution in [0.15, 0.2) is 54.6 Å². The van der Waals surface area contributed by atoms with Crippen LogP contribution in [0.4, 0.5) is 0 Å². The lowest BCUT2D eigenvalue weighted by Gasteiger charge is -2.19. The molecule has 1 unspecified atom stereocenters. The summed E-state index contributed by atoms with van der Waals surface area (Å²) in [4.78, 5) is 4.67. The van der Waals surface area contributed by atoms with Gasteiger partial charge in [-0.3, -0.25) is 4.40 Å². The maximum absolute atomic E-state index is 10.6. The molecule has 134 valence electrons. The molecule has 2 aromatic heterocycles. The molecule has 2 aromatic carbocycles. The predicted molar refractivity (Wildman–Crippen MR) is 106 cm³/mol. The first-order valence-corrected chi connectivity index (χ1v) is 9.26. The summed E-state index contributed by atoms with van der Waals surface area (Å²) in [5.74, 6) is 0.704. The van der Waals surface area contributed by atoms with Crippen LogP contribution in [0.2, 0.25) is 0 Å². The van der Waals surface area contributed by atoms with Gasteiger partial charge < -0.3 is 9.67 Å². The third kappa shape index (κ3) is 2.87. The van der Waals surface area contributed by atoms with Gasteiger partial charge in [0.2, 0.25) is 9.57 Å². The van der Waals surface area contributed by atoms with E-state index in [0.29, 0.717) is 23.7 Å². The molecule has 4 aromatic rings. The summed E-state index contributed by atoms with van der Waals surface area (Å²) >= 11 is 17.9. The Morgan fingerprint density at radius 1 is 1.00 bits per heavy atom. The van der Waals surface area contributed by atoms with Crippen LogP contribution in [0.3, 0.4) is 0 Å². The fourth-order valence-corrected chi connectivity index (χ4v) is 3.64. The Kier molecular flexibility index (Phi) is 4.40. The van der Waals surface area contributed by atoms with E-state index in [1.54, 1.807) is 0 Å². The summed E-state index contributed by atoms with van der Waals surface area (Å²) < 4.78 is 2.13. The van der Waals surface area contributed by atoms with Crippen LogP contribution in [0, 0.1) is 6.92 Å². The topological polar surface area (TPSA) is 42.5 Å². The number of alkyl halides is 3. The summed E-state index contributed by atoms with van der Waals surface area (Å²) in [6.07, 6.45) is -1.29. The molecule has 0 spiro atoms. The monoisotopic (exact) mass is 407 g/mol. The molecule has 0 saturated carbocycles. The maximum atomic E-state index is 10.6. The van der Waals surface area contributed by atoms with Crippen LogP contribution < -0.4 is 0 Å². The van der Waals surface area contributed by atoms with Crippen molar-refractivity contribution in [1.29, 1.82) is 0 Å². The van der Waals surface area contributed by atoms with Gasteiger partial charge in [-0.15, -0.1) is 0 Å². The smallest absolute Gasteiger partial charge is 0.221 e. The molecule has 0 aliphatic carbocycles. The Labute approximate surface area is 165 Å². The highest BCUT2D eigenvalue weighted by Crippen LogP contribution is 2.41. The minimum absolute atomic E-state index is 0.489. The van der Waals surface area contributed by atoms with Crippen molar-refractivity contribution >= 4 is 51.6 Å². The molecule has 1 atom stereocenters. The number of aliphatic hydroxyl groups is 1. The molecule has 1 N–H and O–H groups in total. The normalized spacial score (nSPS) is 13.6. The van der Waals surface area contributed by atoms with Crippen LogP contribution in [-0.2, 0) is 6.54 Å². The lowest BCUT2D eigenvalue weighted by molar-refractivity contribution is 0.176. The predicted octanol–water partition coefficient (Wildman–Crippen LogP) is 5.05. The van der Waals surface area contributed by atoms with E-state index in [0.717, 1.165) is 16.6 Å². The minimum Gasteiger partial charge on any atom is -0.382 e. The molecule has 26 heavy (non-hydrogen) atoms. The Bertz CT molecular complexity index is 1080. The standard InChI is InChI=1S/C19H16Cl3N3O/c1-12-16(17(26)19(20,21)22)25-15-10-6-5-9-14(15)24(18(25)23-12)11-13-7-3-2-4-8-13/h2-10,17,26H,11H2,1H3. The first kappa shape index (κ1) is 17.7. The van der Waals surface area contributed by atoms with Crippen LogP contribution in [0.25, 0.3) is 16.8 Å². The van der Waals surface area contributed by atoms with Crippen molar-refractivity contribution in [3.63, 3.8) is 0 Å². The molecular formula is C19H16Cl3N3O. The SMILES string of the molecule is Cc1nc2n(Cc3ccccc3)c3ccccc3n2c1C(O)C(Cl)(Cl)Cl. The maximum Gasteiger partial charge on any atom is 0.221 e. The number of imidazole rings is 2. The number of benzene rings is 2. The van der Waals surface area contributed by atoms with E-state index in [2.05, 4.69) is 21.7 Å². The number of hydrogen-bond donors (Lipinski definition) is 1. The molecule has 0 bridgehead atoms. The van der Waals surface area contributed by atoms with Gasteiger partial charge >= 0.3 is 0 Å². The van der Waals surface area contributed by atoms with Crippen LogP contribution in [-0.4, -0.2) is 22.9 Å². The molecule has 0 fully saturated rings. The van der Waals surface area contributed by atoms with Gasteiger partial charge in [0.05, 0.1) is 29.0 Å². The molecule has 2 heterocycles. The fraction of sp³-hybridized carbons (Fsp3) is 0.211. The van der Waals surface area contributed by atoms with Gasteiger partial charge in [0.25, 0.3) is 0 Å². The van der Waals surface area contributed by atoms with Gasteiger partial charge in [-0.05, 0) is 24.6 Å². The van der Waals surface area contributed by atoms with Crippen LogP contribution in [0.1, 0.15) is 23.1 Å². The Morgan fingerprint density at radius 3 is 2.27 bits per heavy atom. The van der Waals surface area contributed by atoms with E-state index in [1.807, 2.05) is 53.8 Å². The van der Waals surface area contributed by atoms with Crippen molar-refractivity contribution in [3.8, 4) is 0 Å². The highest BCUT2D eigenvalue weighted by atomic mass is 35.6. The Hall–Kier alpha value is -1.72. The minimum atomic E-state index is -1.84. The van der Waals surface area contributed by atoms with Gasteiger partial charge in [0, 0.05) is 0 Å². The first-order chi connectivity index (χ1) is 12.4. The van der Waals surface area contributed by atoms with Crippen molar-refractivity contribution in [2.75, 3.05) is 0 Å². The lowest BCUT2D eigenvalue weighted by atomic mass is 10.2. The number of hydrogen-bond acceptors (Lipinski definition) is 2. The molecule has 0 aliphatic rings. The zero-order chi connectivity index (χ0) is 18.5. The lowest BCUT2D eigenvalue weighted by Crippen LogP contribution is -2.19. The van der Waals surface area contributed by atoms with Crippen molar-refractivity contribution in [3.05, 3.63) is 71.5 Å². The number of nitrogens with zero attached hydrogens (tertiary/aromatic N) is 3. The second kappa shape index (κ2) is 6.46. The van der Waals surface area contributed by atoms with Crippen molar-refractivity contribution in [2.45, 2.75) is 23.4 Å². The summed E-state index contributed by atoms with van der Waals surface area (Å²) in [5, 5.41) is 10.6. The Morgan fingerprint density at radius 2 is 1.62 bits per heavy atom. The van der Waals surface area contributed by atoms with Crippen LogP contribution >= 0.6 is 34.8 Å². The molecule has 0 aliphatic heterocycles. The van der Waals surface area contributed by atoms with E-state index < -0.39 is 9.90 Å². The highest BCUT2D eigenvalue weighted by Gasteiger charge is 2.36. The summed E-state index contributed by atoms with van der Waals surface area (Å²) in [7, 11) is 0. The van der Waals surface area contributed by atoms with Gasteiger partial charge in [-0.2, -0.15) is 0 Å². The molecule has 0 radical (unpaired) electrons. The summed E-state index contributed by atoms with van der Waals surface area (Å²) in [6, 6.07) is 18.0. The van der Waals surface area contributed by atoms with Gasteiger partial charge in [-0.1, -0.05) is 77.3 Å². The fourth-order valence-electron chi connectivity index (χ4n) is 3.33. The van der Waals surface area contributed by atoms with Crippen molar-refractivity contribution in [2.24, 2.45) is 0 Å². The van der Waals surface area contributed by atoms with E-state index >= 15 is 0 Å². The van der Waals surface area contributed by atoms with E-state index in [9.17, 15) is 5.11 Å². The molecule has 7 heteroatoms. The quantitative estimate of drug-likeness (QED) is 0.482. The molecule has 4 rings (SSSR count). The molecular weight excluding hydrogens is 393 g/mol. The second-order valence-corrected chi connectivity index (χ2v) is 8.59. The number of aryl methyl sites for hydroxylation is 1. The van der Waals surface area contributed by atoms with E-state index in [1.165, 1.54) is 0 Å². The van der Waals surface area contributed by atoms with E-state index in [-0.39, 0.29) is 0 Å². The molecule has 0 amide bonds. The Balaban J connectivity index is 2.01. The highest BCUT2D eigenvalue weighted by molar-refractivity contribution is 6.68. The second-order valence-electron chi connectivity index (χ2n) is 6.22. The molecule has 0 saturated heterocycles. The number of halogens is 3. The van der Waals surface area contributed by atoms with Gasteiger partial charge in [0.1, 0.15) is 6.10 Å². The van der Waals surface area contributed by atoms with E-state index in [4.69, 9.17) is 34.8 Å². The third-order valence-electron chi connectivity index (χ3n) is 4.49. The van der Waals surface area contributed by atoms with Crippen LogP contribution in [0.5, 0.6) is 0 Å². The zero-order valence-electron chi connectivity index (χ0n) is 13.9. The summed E-state index contributed by atoms with van der Waals surface area (Å²) in [6.45, 7) is 2.46. The zero-order valence-corrected chi connectivity index (χ0v) is 16.2. The summed E-state index contributed by atoms with van der Waals surface area (Å²) in [5.41, 5.74) is 4.17. The molecule has 4 nitrogen and oxygen atoms in total. The largest absolute Gasteiger partial charge is 0.382 e. The van der Waals surface area contributed by atoms with Crippen molar-refractivity contribution in [1.82, 2.24) is 14.0 Å². The number of aliphatic hydroxyl groups excluding tert-OH is 1. The number of fused-ring (bicyclic) bond motifs is 3. The number of aromatic nitrogens is 3. The average molecular weight is 409 g/mol. The average Bonchev–Trinajstić information content (AvgIpc) is 3.09.